The molecule has 1 aliphatic heterocycles. The lowest BCUT2D eigenvalue weighted by Crippen LogP contribution is -2.37. The average molecular weight is 525 g/mol. The first kappa shape index (κ1) is 25.7. The molecule has 0 radical (unpaired) electrons. The van der Waals surface area contributed by atoms with Gasteiger partial charge in [-0.25, -0.2) is 9.37 Å². The van der Waals surface area contributed by atoms with Crippen molar-refractivity contribution >= 4 is 28.1 Å². The van der Waals surface area contributed by atoms with Gasteiger partial charge in [0, 0.05) is 36.1 Å². The molecule has 1 aromatic heterocycles. The molecule has 1 fully saturated rings. The van der Waals surface area contributed by atoms with E-state index in [2.05, 4.69) is 19.9 Å². The van der Waals surface area contributed by atoms with Gasteiger partial charge in [-0.3, -0.25) is 9.69 Å². The van der Waals surface area contributed by atoms with Gasteiger partial charge < -0.3 is 20.5 Å². The second-order valence-electron chi connectivity index (χ2n) is 8.18. The molecule has 4 rings (SSSR count). The van der Waals surface area contributed by atoms with Crippen LogP contribution in [0.3, 0.4) is 0 Å². The fraction of sp³-hybridized carbons (Fsp3) is 0.333. The van der Waals surface area contributed by atoms with Crippen LogP contribution in [0, 0.1) is 0 Å². The summed E-state index contributed by atoms with van der Waals surface area (Å²) in [6, 6.07) is 10.6. The molecule has 0 unspecified atom stereocenters. The number of halogens is 4. The zero-order valence-electron chi connectivity index (χ0n) is 19.1. The van der Waals surface area contributed by atoms with Crippen LogP contribution in [0.15, 0.2) is 47.8 Å². The molecule has 7 nitrogen and oxygen atoms in total. The number of piperidine rings is 1. The monoisotopic (exact) mass is 524 g/mol. The number of hydrogen-bond acceptors (Lipinski definition) is 7. The lowest BCUT2D eigenvalue weighted by atomic mass is 10.1. The molecule has 36 heavy (non-hydrogen) atoms. The number of primary amides is 1. The highest BCUT2D eigenvalue weighted by Crippen LogP contribution is 2.35. The van der Waals surface area contributed by atoms with Crippen LogP contribution >= 0.6 is 11.3 Å². The molecular formula is C24H24F4N4O3S. The van der Waals surface area contributed by atoms with E-state index in [9.17, 15) is 22.4 Å². The minimum atomic E-state index is -4.91. The first-order valence-electron chi connectivity index (χ1n) is 11.2. The van der Waals surface area contributed by atoms with Crippen molar-refractivity contribution in [2.45, 2.75) is 25.4 Å². The minimum Gasteiger partial charge on any atom is -0.492 e. The Balaban J connectivity index is 1.38. The van der Waals surface area contributed by atoms with E-state index in [-0.39, 0.29) is 11.3 Å². The molecule has 3 N–H and O–H groups in total. The van der Waals surface area contributed by atoms with Crippen LogP contribution in [0.1, 0.15) is 23.2 Å². The second kappa shape index (κ2) is 11.1. The summed E-state index contributed by atoms with van der Waals surface area (Å²) >= 11 is 1.18. The number of carbonyl (C=O) groups is 1. The summed E-state index contributed by atoms with van der Waals surface area (Å²) in [5, 5.41) is 4.82. The van der Waals surface area contributed by atoms with Crippen LogP contribution in [0.25, 0.3) is 11.3 Å². The number of anilines is 2. The van der Waals surface area contributed by atoms with Gasteiger partial charge in [-0.15, -0.1) is 24.5 Å². The van der Waals surface area contributed by atoms with Gasteiger partial charge in [0.1, 0.15) is 18.5 Å². The van der Waals surface area contributed by atoms with Crippen molar-refractivity contribution in [2.24, 2.45) is 5.73 Å². The predicted molar refractivity (Wildman–Crippen MR) is 129 cm³/mol. The molecular weight excluding hydrogens is 500 g/mol. The van der Waals surface area contributed by atoms with Crippen molar-refractivity contribution in [1.29, 1.82) is 0 Å². The van der Waals surface area contributed by atoms with E-state index in [1.54, 1.807) is 17.5 Å². The van der Waals surface area contributed by atoms with Crippen LogP contribution in [0.4, 0.5) is 28.4 Å². The van der Waals surface area contributed by atoms with Crippen molar-refractivity contribution < 1.29 is 31.8 Å². The Kier molecular flexibility index (Phi) is 7.94. The highest BCUT2D eigenvalue weighted by Gasteiger charge is 2.32. The quantitative estimate of drug-likeness (QED) is 0.366. The molecule has 1 amide bonds. The molecule has 0 spiro atoms. The maximum atomic E-state index is 13.2. The highest BCUT2D eigenvalue weighted by molar-refractivity contribution is 7.14. The van der Waals surface area contributed by atoms with Crippen LogP contribution in [0.2, 0.25) is 0 Å². The summed E-state index contributed by atoms with van der Waals surface area (Å²) in [6.07, 6.45) is -4.49. The normalized spacial score (nSPS) is 15.0. The zero-order valence-corrected chi connectivity index (χ0v) is 19.9. The summed E-state index contributed by atoms with van der Waals surface area (Å²) < 4.78 is 61.4. The number of thiazole rings is 1. The Morgan fingerprint density at radius 1 is 1.17 bits per heavy atom. The van der Waals surface area contributed by atoms with E-state index < -0.39 is 24.2 Å². The van der Waals surface area contributed by atoms with Gasteiger partial charge >= 0.3 is 6.36 Å². The lowest BCUT2D eigenvalue weighted by molar-refractivity contribution is -0.274. The summed E-state index contributed by atoms with van der Waals surface area (Å²) in [6.45, 7) is 2.70. The van der Waals surface area contributed by atoms with Gasteiger partial charge in [-0.05, 0) is 55.3 Å². The maximum absolute atomic E-state index is 13.2. The number of ether oxygens (including phenoxy) is 2. The standard InChI is InChI=1S/C24H24F4N4O3S/c25-17-7-9-32(10-8-17)11-12-34-18-4-1-15(2-5-18)20-14-36-23(31-20)30-19-13-16(22(29)33)3-6-21(19)35-24(26,27)28/h1-6,13-14,17H,7-12H2,(H2,29,33)(H,30,31). The smallest absolute Gasteiger partial charge is 0.492 e. The number of amides is 1. The van der Waals surface area contributed by atoms with Crippen molar-refractivity contribution in [1.82, 2.24) is 9.88 Å². The van der Waals surface area contributed by atoms with Crippen molar-refractivity contribution in [2.75, 3.05) is 31.6 Å². The Bertz CT molecular complexity index is 1180. The van der Waals surface area contributed by atoms with Gasteiger partial charge in [0.2, 0.25) is 5.91 Å². The maximum Gasteiger partial charge on any atom is 0.573 e. The third kappa shape index (κ3) is 7.08. The van der Waals surface area contributed by atoms with Gasteiger partial charge in [0.25, 0.3) is 0 Å². The third-order valence-corrected chi connectivity index (χ3v) is 6.34. The van der Waals surface area contributed by atoms with Gasteiger partial charge in [0.15, 0.2) is 10.9 Å². The molecule has 192 valence electrons. The van der Waals surface area contributed by atoms with E-state index in [1.165, 1.54) is 17.4 Å². The number of aromatic nitrogens is 1. The van der Waals surface area contributed by atoms with Crippen LogP contribution in [0.5, 0.6) is 11.5 Å². The summed E-state index contributed by atoms with van der Waals surface area (Å²) in [7, 11) is 0. The average Bonchev–Trinajstić information content (AvgIpc) is 3.29. The van der Waals surface area contributed by atoms with Gasteiger partial charge in [0.05, 0.1) is 11.4 Å². The van der Waals surface area contributed by atoms with E-state index >= 15 is 0 Å². The number of nitrogens with one attached hydrogen (secondary N) is 1. The first-order valence-corrected chi connectivity index (χ1v) is 12.1. The number of nitrogens with zero attached hydrogens (tertiary/aromatic N) is 2. The highest BCUT2D eigenvalue weighted by atomic mass is 32.1. The summed E-state index contributed by atoms with van der Waals surface area (Å²) in [5.74, 6) is -0.618. The van der Waals surface area contributed by atoms with E-state index in [1.807, 2.05) is 12.1 Å². The lowest BCUT2D eigenvalue weighted by Gasteiger charge is -2.28. The number of nitrogens with two attached hydrogens (primary N) is 1. The SMILES string of the molecule is NC(=O)c1ccc(OC(F)(F)F)c(Nc2nc(-c3ccc(OCCN4CCC(F)CC4)cc3)cs2)c1. The number of hydrogen-bond donors (Lipinski definition) is 2. The van der Waals surface area contributed by atoms with Crippen molar-refractivity contribution in [3.05, 3.63) is 53.4 Å². The van der Waals surface area contributed by atoms with Crippen LogP contribution in [-0.2, 0) is 0 Å². The van der Waals surface area contributed by atoms with Crippen LogP contribution < -0.4 is 20.5 Å². The number of carbonyl (C=O) groups excluding carboxylic acids is 1. The van der Waals surface area contributed by atoms with Gasteiger partial charge in [-0.2, -0.15) is 0 Å². The van der Waals surface area contributed by atoms with Crippen molar-refractivity contribution in [3.63, 3.8) is 0 Å². The Hall–Kier alpha value is -3.38. The number of alkyl halides is 4. The summed E-state index contributed by atoms with van der Waals surface area (Å²) in [5.41, 5.74) is 6.57. The number of rotatable bonds is 9. The fourth-order valence-electron chi connectivity index (χ4n) is 3.71. The van der Waals surface area contributed by atoms with Crippen LogP contribution in [-0.4, -0.2) is 54.6 Å². The van der Waals surface area contributed by atoms with E-state index in [0.29, 0.717) is 36.0 Å². The molecule has 0 atom stereocenters. The molecule has 2 aromatic carbocycles. The van der Waals surface area contributed by atoms with Crippen molar-refractivity contribution in [3.8, 4) is 22.8 Å². The van der Waals surface area contributed by atoms with Gasteiger partial charge in [-0.1, -0.05) is 0 Å². The predicted octanol–water partition coefficient (Wildman–Crippen LogP) is 5.36. The molecule has 3 aromatic rings. The second-order valence-corrected chi connectivity index (χ2v) is 9.03. The Labute approximate surface area is 208 Å². The summed E-state index contributed by atoms with van der Waals surface area (Å²) in [4.78, 5) is 18.1. The fourth-order valence-corrected chi connectivity index (χ4v) is 4.45. The largest absolute Gasteiger partial charge is 0.573 e. The Morgan fingerprint density at radius 3 is 2.56 bits per heavy atom. The third-order valence-electron chi connectivity index (χ3n) is 5.58. The van der Waals surface area contributed by atoms with E-state index in [0.717, 1.165) is 37.3 Å². The first-order chi connectivity index (χ1) is 17.2. The molecule has 12 heteroatoms. The molecule has 0 saturated carbocycles. The topological polar surface area (TPSA) is 89.7 Å². The molecule has 0 bridgehead atoms. The molecule has 2 heterocycles. The Morgan fingerprint density at radius 2 is 1.89 bits per heavy atom. The minimum absolute atomic E-state index is 0.0197. The number of likely N-dealkylation sites (tertiary alicyclic amines) is 1. The molecule has 1 saturated heterocycles. The molecule has 1 aliphatic rings. The molecule has 0 aliphatic carbocycles. The number of benzene rings is 2. The van der Waals surface area contributed by atoms with E-state index in [4.69, 9.17) is 10.5 Å². The zero-order chi connectivity index (χ0) is 25.7.